The number of hydrogen-bond acceptors (Lipinski definition) is 7. The second-order valence-corrected chi connectivity index (χ2v) is 9.83. The van der Waals surface area contributed by atoms with Gasteiger partial charge >= 0.3 is 11.9 Å². The van der Waals surface area contributed by atoms with E-state index in [9.17, 15) is 24.6 Å². The van der Waals surface area contributed by atoms with Crippen molar-refractivity contribution in [1.29, 1.82) is 0 Å². The maximum Gasteiger partial charge on any atom is 0.326 e. The van der Waals surface area contributed by atoms with Crippen LogP contribution in [0.5, 0.6) is 11.5 Å². The van der Waals surface area contributed by atoms with E-state index in [1.807, 2.05) is 12.1 Å². The number of hydrogen-bond donors (Lipinski definition) is 3. The molecule has 4 rings (SSSR count). The van der Waals surface area contributed by atoms with Gasteiger partial charge in [-0.15, -0.1) is 0 Å². The summed E-state index contributed by atoms with van der Waals surface area (Å²) in [5, 5.41) is 22.1. The number of phenolic OH excluding ortho intramolecular Hbond substituents is 1. The molecule has 1 spiro atoms. The fourth-order valence-corrected chi connectivity index (χ4v) is 5.20. The van der Waals surface area contributed by atoms with Crippen molar-refractivity contribution in [1.82, 2.24) is 10.2 Å². The number of carboxylic acids is 1. The number of aliphatic carboxylic acids is 1. The summed E-state index contributed by atoms with van der Waals surface area (Å²) >= 11 is 0. The van der Waals surface area contributed by atoms with Crippen LogP contribution in [0.15, 0.2) is 24.3 Å². The molecule has 9 heteroatoms. The van der Waals surface area contributed by atoms with Gasteiger partial charge in [-0.25, -0.2) is 4.79 Å². The van der Waals surface area contributed by atoms with Gasteiger partial charge in [0, 0.05) is 24.9 Å². The summed E-state index contributed by atoms with van der Waals surface area (Å²) in [5.41, 5.74) is 1.78. The third-order valence-corrected chi connectivity index (χ3v) is 7.01. The number of amides is 1. The topological polar surface area (TPSA) is 125 Å². The molecule has 3 N–H and O–H groups in total. The van der Waals surface area contributed by atoms with Crippen LogP contribution in [0.3, 0.4) is 0 Å². The largest absolute Gasteiger partial charge is 0.504 e. The van der Waals surface area contributed by atoms with E-state index < -0.39 is 30.0 Å². The van der Waals surface area contributed by atoms with Gasteiger partial charge in [0.25, 0.3) is 0 Å². The van der Waals surface area contributed by atoms with Crippen LogP contribution < -0.4 is 10.1 Å². The van der Waals surface area contributed by atoms with Crippen molar-refractivity contribution >= 4 is 17.8 Å². The highest BCUT2D eigenvalue weighted by Crippen LogP contribution is 2.55. The number of ether oxygens (including phenoxy) is 2. The van der Waals surface area contributed by atoms with E-state index in [0.29, 0.717) is 12.2 Å². The van der Waals surface area contributed by atoms with Crippen LogP contribution in [0.1, 0.15) is 50.7 Å². The molecule has 9 nitrogen and oxygen atoms in total. The van der Waals surface area contributed by atoms with Crippen molar-refractivity contribution < 1.29 is 34.1 Å². The van der Waals surface area contributed by atoms with Gasteiger partial charge < -0.3 is 29.9 Å². The predicted molar refractivity (Wildman–Crippen MR) is 122 cm³/mol. The Bertz CT molecular complexity index is 1020. The van der Waals surface area contributed by atoms with Crippen molar-refractivity contribution in [3.05, 3.63) is 35.4 Å². The summed E-state index contributed by atoms with van der Waals surface area (Å²) in [7, 11) is 2.07. The molecule has 0 saturated heterocycles. The van der Waals surface area contributed by atoms with Crippen molar-refractivity contribution in [2.24, 2.45) is 5.92 Å². The van der Waals surface area contributed by atoms with Crippen LogP contribution in [-0.4, -0.2) is 64.8 Å². The van der Waals surface area contributed by atoms with Gasteiger partial charge in [0.2, 0.25) is 5.91 Å². The summed E-state index contributed by atoms with van der Waals surface area (Å²) in [5.74, 6) is -1.78. The van der Waals surface area contributed by atoms with Crippen LogP contribution >= 0.6 is 0 Å². The number of phenols is 1. The first kappa shape index (κ1) is 24.1. The summed E-state index contributed by atoms with van der Waals surface area (Å²) < 4.78 is 11.8. The first-order chi connectivity index (χ1) is 16.1. The standard InChI is InChI=1S/C25H32N2O7/c1-14(2)22(24(31)32)26-19(29)6-7-20(30)33-16-8-9-25-10-11-27(3)13-15-4-5-17(28)23(21(15)25)34-18(25)12-16/h4-5,8-9,14,16,18,22,28H,6-7,10-13H2,1-3H3,(H,26,29)(H,31,32). The summed E-state index contributed by atoms with van der Waals surface area (Å²) in [6, 6.07) is 2.61. The molecule has 1 aromatic rings. The lowest BCUT2D eigenvalue weighted by Gasteiger charge is -2.36. The summed E-state index contributed by atoms with van der Waals surface area (Å²) in [4.78, 5) is 38.0. The highest BCUT2D eigenvalue weighted by molar-refractivity contribution is 5.86. The van der Waals surface area contributed by atoms with E-state index in [-0.39, 0.29) is 36.0 Å². The van der Waals surface area contributed by atoms with Gasteiger partial charge in [-0.2, -0.15) is 0 Å². The number of carbonyl (C=O) groups excluding carboxylic acids is 2. The molecule has 1 aromatic carbocycles. The molecule has 1 aliphatic carbocycles. The number of carboxylic acid groups (broad SMARTS) is 1. The third kappa shape index (κ3) is 4.49. The van der Waals surface area contributed by atoms with Gasteiger partial charge in [0.1, 0.15) is 18.2 Å². The van der Waals surface area contributed by atoms with E-state index in [1.165, 1.54) is 0 Å². The SMILES string of the molecule is CC(C)C(NC(=O)CCC(=O)OC1C=CC23CCN(C)Cc4ccc(O)c(c42)OC3C1)C(=O)O. The Labute approximate surface area is 198 Å². The fraction of sp³-hybridized carbons (Fsp3) is 0.560. The number of carbonyl (C=O) groups is 3. The molecule has 0 radical (unpaired) electrons. The number of aromatic hydroxyl groups is 1. The summed E-state index contributed by atoms with van der Waals surface area (Å²) in [6.45, 7) is 5.04. The minimum Gasteiger partial charge on any atom is -0.504 e. The predicted octanol–water partition coefficient (Wildman–Crippen LogP) is 2.10. The van der Waals surface area contributed by atoms with E-state index in [2.05, 4.69) is 23.3 Å². The monoisotopic (exact) mass is 472 g/mol. The molecule has 0 saturated carbocycles. The van der Waals surface area contributed by atoms with Crippen LogP contribution in [0.2, 0.25) is 0 Å². The van der Waals surface area contributed by atoms with Crippen molar-refractivity contribution in [3.63, 3.8) is 0 Å². The highest BCUT2D eigenvalue weighted by Gasteiger charge is 2.53. The molecule has 184 valence electrons. The van der Waals surface area contributed by atoms with Crippen LogP contribution in [-0.2, 0) is 31.1 Å². The Kier molecular flexibility index (Phi) is 6.58. The Hall–Kier alpha value is -3.07. The lowest BCUT2D eigenvalue weighted by Crippen LogP contribution is -2.44. The zero-order valence-electron chi connectivity index (χ0n) is 19.7. The normalized spacial score (nSPS) is 26.1. The first-order valence-electron chi connectivity index (χ1n) is 11.7. The number of nitrogens with zero attached hydrogens (tertiary/aromatic N) is 1. The molecule has 0 fully saturated rings. The maximum absolute atomic E-state index is 12.4. The number of benzene rings is 1. The number of nitrogens with one attached hydrogen (secondary N) is 1. The molecule has 0 aromatic heterocycles. The number of esters is 1. The Morgan fingerprint density at radius 2 is 2.06 bits per heavy atom. The van der Waals surface area contributed by atoms with Gasteiger partial charge in [-0.3, -0.25) is 9.59 Å². The quantitative estimate of drug-likeness (QED) is 0.407. The van der Waals surface area contributed by atoms with Crippen molar-refractivity contribution in [2.45, 2.75) is 69.7 Å². The Balaban J connectivity index is 1.40. The third-order valence-electron chi connectivity index (χ3n) is 7.01. The molecule has 4 atom stereocenters. The van der Waals surface area contributed by atoms with E-state index in [1.54, 1.807) is 19.9 Å². The smallest absolute Gasteiger partial charge is 0.326 e. The molecular weight excluding hydrogens is 440 g/mol. The van der Waals surface area contributed by atoms with E-state index in [0.717, 1.165) is 30.6 Å². The minimum absolute atomic E-state index is 0.117. The highest BCUT2D eigenvalue weighted by atomic mass is 16.5. The van der Waals surface area contributed by atoms with Gasteiger partial charge in [-0.05, 0) is 43.6 Å². The molecule has 3 aliphatic rings. The van der Waals surface area contributed by atoms with Gasteiger partial charge in [0.05, 0.1) is 11.8 Å². The second-order valence-electron chi connectivity index (χ2n) is 9.83. The van der Waals surface area contributed by atoms with E-state index in [4.69, 9.17) is 9.47 Å². The zero-order valence-corrected chi connectivity index (χ0v) is 19.7. The molecule has 34 heavy (non-hydrogen) atoms. The average molecular weight is 473 g/mol. The van der Waals surface area contributed by atoms with E-state index >= 15 is 0 Å². The van der Waals surface area contributed by atoms with Crippen LogP contribution in [0.25, 0.3) is 0 Å². The molecule has 4 unspecified atom stereocenters. The second kappa shape index (κ2) is 9.29. The average Bonchev–Trinajstić information content (AvgIpc) is 3.04. The lowest BCUT2D eigenvalue weighted by atomic mass is 9.69. The molecule has 2 heterocycles. The molecule has 2 aliphatic heterocycles. The van der Waals surface area contributed by atoms with Crippen molar-refractivity contribution in [2.75, 3.05) is 13.6 Å². The number of rotatable bonds is 7. The minimum atomic E-state index is -1.11. The molecular formula is C25H32N2O7. The van der Waals surface area contributed by atoms with Gasteiger partial charge in [-0.1, -0.05) is 26.0 Å². The van der Waals surface area contributed by atoms with Crippen LogP contribution in [0.4, 0.5) is 0 Å². The Morgan fingerprint density at radius 1 is 1.29 bits per heavy atom. The molecule has 0 bridgehead atoms. The Morgan fingerprint density at radius 3 is 2.76 bits per heavy atom. The zero-order chi connectivity index (χ0) is 24.6. The fourth-order valence-electron chi connectivity index (χ4n) is 5.20. The maximum atomic E-state index is 12.4. The van der Waals surface area contributed by atoms with Crippen LogP contribution in [0, 0.1) is 5.92 Å². The summed E-state index contributed by atoms with van der Waals surface area (Å²) in [6.07, 6.45) is 4.14. The van der Waals surface area contributed by atoms with Crippen molar-refractivity contribution in [3.8, 4) is 11.5 Å². The first-order valence-corrected chi connectivity index (χ1v) is 11.7. The lowest BCUT2D eigenvalue weighted by molar-refractivity contribution is -0.149. The van der Waals surface area contributed by atoms with Gasteiger partial charge in [0.15, 0.2) is 11.5 Å². The molecule has 1 amide bonds.